The van der Waals surface area contributed by atoms with E-state index in [9.17, 15) is 14.3 Å². The lowest BCUT2D eigenvalue weighted by atomic mass is 10.0. The molecular formula is C26H31FN4O4. The van der Waals surface area contributed by atoms with Crippen molar-refractivity contribution >= 4 is 5.91 Å². The minimum absolute atomic E-state index is 0.0150. The Kier molecular flexibility index (Phi) is 7.67. The maximum atomic E-state index is 13.2. The molecule has 1 aliphatic rings. The van der Waals surface area contributed by atoms with Crippen LogP contribution in [0.25, 0.3) is 0 Å². The van der Waals surface area contributed by atoms with Crippen LogP contribution in [0, 0.1) is 5.82 Å². The number of aromatic nitrogens is 2. The zero-order valence-corrected chi connectivity index (χ0v) is 20.1. The monoisotopic (exact) mass is 482 g/mol. The fraction of sp³-hybridized carbons (Fsp3) is 0.385. The van der Waals surface area contributed by atoms with Gasteiger partial charge in [0.1, 0.15) is 42.0 Å². The van der Waals surface area contributed by atoms with Gasteiger partial charge in [0, 0.05) is 52.5 Å². The van der Waals surface area contributed by atoms with Crippen LogP contribution in [0.4, 0.5) is 4.39 Å². The number of ether oxygens (including phenoxy) is 2. The van der Waals surface area contributed by atoms with E-state index in [0.717, 1.165) is 17.1 Å². The van der Waals surface area contributed by atoms with E-state index < -0.39 is 5.60 Å². The highest BCUT2D eigenvalue weighted by atomic mass is 19.1. The van der Waals surface area contributed by atoms with Crippen molar-refractivity contribution in [3.05, 3.63) is 78.1 Å². The molecule has 0 saturated carbocycles. The Hall–Kier alpha value is -3.43. The fourth-order valence-electron chi connectivity index (χ4n) is 4.12. The van der Waals surface area contributed by atoms with Crippen LogP contribution >= 0.6 is 0 Å². The molecule has 186 valence electrons. The summed E-state index contributed by atoms with van der Waals surface area (Å²) in [6.07, 6.45) is 3.62. The third kappa shape index (κ3) is 6.80. The summed E-state index contributed by atoms with van der Waals surface area (Å²) in [5.74, 6) is 1.61. The molecule has 0 bridgehead atoms. The first-order valence-corrected chi connectivity index (χ1v) is 11.6. The molecule has 0 unspecified atom stereocenters. The Morgan fingerprint density at radius 3 is 2.40 bits per heavy atom. The van der Waals surface area contributed by atoms with Crippen LogP contribution in [-0.2, 0) is 25.0 Å². The molecular weight excluding hydrogens is 451 g/mol. The van der Waals surface area contributed by atoms with Crippen LogP contribution in [0.1, 0.15) is 18.3 Å². The molecule has 2 aromatic carbocycles. The Balaban J connectivity index is 1.39. The fourth-order valence-corrected chi connectivity index (χ4v) is 4.12. The molecule has 3 aromatic rings. The van der Waals surface area contributed by atoms with E-state index in [1.54, 1.807) is 11.1 Å². The van der Waals surface area contributed by atoms with Crippen LogP contribution in [0.15, 0.2) is 60.9 Å². The van der Waals surface area contributed by atoms with Crippen molar-refractivity contribution in [1.82, 2.24) is 19.4 Å². The summed E-state index contributed by atoms with van der Waals surface area (Å²) in [4.78, 5) is 20.1. The Bertz CT molecular complexity index is 1120. The second-order valence-electron chi connectivity index (χ2n) is 9.01. The molecule has 35 heavy (non-hydrogen) atoms. The first-order valence-electron chi connectivity index (χ1n) is 11.6. The Morgan fingerprint density at radius 2 is 1.74 bits per heavy atom. The van der Waals surface area contributed by atoms with Crippen molar-refractivity contribution in [1.29, 1.82) is 0 Å². The molecule has 0 radical (unpaired) electrons. The van der Waals surface area contributed by atoms with Gasteiger partial charge >= 0.3 is 0 Å². The zero-order valence-electron chi connectivity index (χ0n) is 20.1. The molecule has 8 nitrogen and oxygen atoms in total. The van der Waals surface area contributed by atoms with Crippen LogP contribution in [-0.4, -0.2) is 68.8 Å². The lowest BCUT2D eigenvalue weighted by Crippen LogP contribution is -2.51. The quantitative estimate of drug-likeness (QED) is 0.532. The average molecular weight is 483 g/mol. The van der Waals surface area contributed by atoms with Gasteiger partial charge in [0.15, 0.2) is 0 Å². The van der Waals surface area contributed by atoms with Crippen LogP contribution in [0.2, 0.25) is 0 Å². The van der Waals surface area contributed by atoms with Crippen LogP contribution in [0.5, 0.6) is 11.5 Å². The lowest BCUT2D eigenvalue weighted by Gasteiger charge is -2.32. The number of amides is 1. The molecule has 4 rings (SSSR count). The molecule has 1 N–H and O–H groups in total. The van der Waals surface area contributed by atoms with Crippen molar-refractivity contribution in [2.24, 2.45) is 7.05 Å². The Labute approximate surface area is 204 Å². The van der Waals surface area contributed by atoms with Gasteiger partial charge in [-0.1, -0.05) is 12.1 Å². The van der Waals surface area contributed by atoms with E-state index in [0.29, 0.717) is 38.5 Å². The standard InChI is InChI=1S/C26H31FN4O4/c1-20(32)31-14-13-30(17-26(33,18-31)19-35-24-9-5-22(27)6-10-24)15-21-3-7-23(8-4-21)34-16-25-28-11-12-29(25)2/h3-12,33H,13-19H2,1-2H3/t26-/m0/s1. The number of aryl methyl sites for hydroxylation is 1. The van der Waals surface area contributed by atoms with E-state index in [-0.39, 0.29) is 24.9 Å². The van der Waals surface area contributed by atoms with E-state index in [1.165, 1.54) is 31.2 Å². The van der Waals surface area contributed by atoms with Gasteiger partial charge in [-0.15, -0.1) is 0 Å². The number of nitrogens with zero attached hydrogens (tertiary/aromatic N) is 4. The summed E-state index contributed by atoms with van der Waals surface area (Å²) in [5.41, 5.74) is -0.214. The maximum absolute atomic E-state index is 13.2. The number of benzene rings is 2. The van der Waals surface area contributed by atoms with Gasteiger partial charge in [-0.25, -0.2) is 9.37 Å². The number of carbonyl (C=O) groups excluding carboxylic acids is 1. The van der Waals surface area contributed by atoms with Gasteiger partial charge in [0.2, 0.25) is 5.91 Å². The third-order valence-corrected chi connectivity index (χ3v) is 6.07. The molecule has 1 aromatic heterocycles. The van der Waals surface area contributed by atoms with Crippen molar-refractivity contribution in [2.45, 2.75) is 25.7 Å². The SMILES string of the molecule is CC(=O)N1CCN(Cc2ccc(OCc3nccn3C)cc2)C[C@@](O)(COc2ccc(F)cc2)C1. The van der Waals surface area contributed by atoms with E-state index >= 15 is 0 Å². The summed E-state index contributed by atoms with van der Waals surface area (Å²) < 4.78 is 26.7. The number of hydrogen-bond donors (Lipinski definition) is 1. The van der Waals surface area contributed by atoms with Gasteiger partial charge in [0.25, 0.3) is 0 Å². The molecule has 0 aliphatic carbocycles. The second-order valence-corrected chi connectivity index (χ2v) is 9.01. The molecule has 1 aliphatic heterocycles. The summed E-state index contributed by atoms with van der Waals surface area (Å²) in [5, 5.41) is 11.4. The predicted molar refractivity (Wildman–Crippen MR) is 128 cm³/mol. The first kappa shape index (κ1) is 24.7. The minimum atomic E-state index is -1.28. The highest BCUT2D eigenvalue weighted by Gasteiger charge is 2.36. The van der Waals surface area contributed by atoms with Gasteiger partial charge in [-0.3, -0.25) is 9.69 Å². The second kappa shape index (κ2) is 10.9. The van der Waals surface area contributed by atoms with E-state index in [2.05, 4.69) is 9.88 Å². The largest absolute Gasteiger partial charge is 0.490 e. The Morgan fingerprint density at radius 1 is 1.06 bits per heavy atom. The number of rotatable bonds is 8. The van der Waals surface area contributed by atoms with Crippen LogP contribution < -0.4 is 9.47 Å². The number of β-amino-alcohol motifs (C(OH)–C–C–N with tert-alkyl or cyclic N) is 1. The first-order chi connectivity index (χ1) is 16.8. The predicted octanol–water partition coefficient (Wildman–Crippen LogP) is 2.61. The average Bonchev–Trinajstić information content (AvgIpc) is 3.17. The number of halogens is 1. The van der Waals surface area contributed by atoms with Gasteiger partial charge in [0.05, 0.1) is 6.54 Å². The molecule has 1 fully saturated rings. The van der Waals surface area contributed by atoms with Crippen molar-refractivity contribution in [3.8, 4) is 11.5 Å². The summed E-state index contributed by atoms with van der Waals surface area (Å²) in [6, 6.07) is 13.5. The van der Waals surface area contributed by atoms with E-state index in [4.69, 9.17) is 9.47 Å². The van der Waals surface area contributed by atoms with Gasteiger partial charge in [-0.2, -0.15) is 0 Å². The number of imidazole rings is 1. The molecule has 9 heteroatoms. The number of carbonyl (C=O) groups is 1. The molecule has 1 amide bonds. The summed E-state index contributed by atoms with van der Waals surface area (Å²) in [7, 11) is 1.93. The molecule has 0 spiro atoms. The molecule has 1 atom stereocenters. The summed E-state index contributed by atoms with van der Waals surface area (Å²) in [6.45, 7) is 4.10. The van der Waals surface area contributed by atoms with Crippen molar-refractivity contribution < 1.29 is 23.8 Å². The molecule has 1 saturated heterocycles. The van der Waals surface area contributed by atoms with E-state index in [1.807, 2.05) is 42.1 Å². The van der Waals surface area contributed by atoms with Crippen molar-refractivity contribution in [2.75, 3.05) is 32.8 Å². The normalized spacial score (nSPS) is 18.8. The third-order valence-electron chi connectivity index (χ3n) is 6.07. The topological polar surface area (TPSA) is 80.1 Å². The maximum Gasteiger partial charge on any atom is 0.219 e. The van der Waals surface area contributed by atoms with Crippen molar-refractivity contribution in [3.63, 3.8) is 0 Å². The summed E-state index contributed by atoms with van der Waals surface area (Å²) >= 11 is 0. The lowest BCUT2D eigenvalue weighted by molar-refractivity contribution is -0.132. The number of aliphatic hydroxyl groups is 1. The smallest absolute Gasteiger partial charge is 0.219 e. The molecule has 2 heterocycles. The number of hydrogen-bond acceptors (Lipinski definition) is 6. The highest BCUT2D eigenvalue weighted by molar-refractivity contribution is 5.73. The highest BCUT2D eigenvalue weighted by Crippen LogP contribution is 2.21. The van der Waals surface area contributed by atoms with Gasteiger partial charge < -0.3 is 24.0 Å². The zero-order chi connectivity index (χ0) is 24.8. The van der Waals surface area contributed by atoms with Gasteiger partial charge in [-0.05, 0) is 42.0 Å². The minimum Gasteiger partial charge on any atom is -0.490 e. The van der Waals surface area contributed by atoms with Crippen LogP contribution in [0.3, 0.4) is 0 Å².